The number of ether oxygens (including phenoxy) is 2. The zero-order valence-electron chi connectivity index (χ0n) is 15.4. The number of carbonyl (C=O) groups excluding carboxylic acids is 1. The van der Waals surface area contributed by atoms with Crippen LogP contribution in [-0.4, -0.2) is 31.6 Å². The number of rotatable bonds is 8. The topological polar surface area (TPSA) is 98.0 Å². The highest BCUT2D eigenvalue weighted by Gasteiger charge is 2.08. The number of amides is 1. The van der Waals surface area contributed by atoms with E-state index in [-0.39, 0.29) is 42.4 Å². The Kier molecular flexibility index (Phi) is 10.0. The van der Waals surface area contributed by atoms with Crippen molar-refractivity contribution in [2.75, 3.05) is 30.4 Å². The Morgan fingerprint density at radius 1 is 1.04 bits per heavy atom. The highest BCUT2D eigenvalue weighted by atomic mass is 127. The second-order valence-corrected chi connectivity index (χ2v) is 5.26. The summed E-state index contributed by atoms with van der Waals surface area (Å²) in [6.07, 6.45) is 0. The van der Waals surface area contributed by atoms with Crippen LogP contribution in [0.2, 0.25) is 0 Å². The number of para-hydroxylation sites is 1. The van der Waals surface area contributed by atoms with E-state index in [1.807, 2.05) is 38.1 Å². The minimum absolute atomic E-state index is 0. The molecule has 0 saturated carbocycles. The summed E-state index contributed by atoms with van der Waals surface area (Å²) in [4.78, 5) is 16.0. The summed E-state index contributed by atoms with van der Waals surface area (Å²) in [5.74, 6) is 1.17. The smallest absolute Gasteiger partial charge is 0.246 e. The average Bonchev–Trinajstić information content (AvgIpc) is 2.63. The fourth-order valence-electron chi connectivity index (χ4n) is 2.20. The van der Waals surface area contributed by atoms with Gasteiger partial charge in [-0.2, -0.15) is 0 Å². The zero-order valence-corrected chi connectivity index (χ0v) is 17.7. The Hall–Kier alpha value is -2.49. The number of hydrogen-bond donors (Lipinski definition) is 3. The van der Waals surface area contributed by atoms with Crippen LogP contribution >= 0.6 is 24.0 Å². The van der Waals surface area contributed by atoms with Gasteiger partial charge in [-0.15, -0.1) is 24.0 Å². The van der Waals surface area contributed by atoms with Gasteiger partial charge in [-0.1, -0.05) is 18.2 Å². The second-order valence-electron chi connectivity index (χ2n) is 5.26. The molecule has 0 aliphatic carbocycles. The molecule has 0 aromatic heterocycles. The van der Waals surface area contributed by atoms with Crippen molar-refractivity contribution in [1.82, 2.24) is 0 Å². The molecule has 8 heteroatoms. The van der Waals surface area contributed by atoms with Gasteiger partial charge >= 0.3 is 0 Å². The van der Waals surface area contributed by atoms with Gasteiger partial charge in [0.05, 0.1) is 18.9 Å². The van der Waals surface area contributed by atoms with E-state index in [0.717, 1.165) is 0 Å². The van der Waals surface area contributed by atoms with Crippen LogP contribution in [0.3, 0.4) is 0 Å². The quantitative estimate of drug-likeness (QED) is 0.303. The number of nitrogens with zero attached hydrogens (tertiary/aromatic N) is 1. The molecule has 7 nitrogen and oxygen atoms in total. The van der Waals surface area contributed by atoms with Crippen molar-refractivity contribution in [3.8, 4) is 11.5 Å². The number of nitrogens with two attached hydrogens (primary N) is 1. The van der Waals surface area contributed by atoms with Crippen molar-refractivity contribution in [3.05, 3.63) is 48.5 Å². The zero-order chi connectivity index (χ0) is 18.8. The summed E-state index contributed by atoms with van der Waals surface area (Å²) in [7, 11) is 0. The van der Waals surface area contributed by atoms with Crippen molar-refractivity contribution in [1.29, 1.82) is 0 Å². The molecule has 0 aliphatic heterocycles. The van der Waals surface area contributed by atoms with Crippen LogP contribution in [0.25, 0.3) is 0 Å². The predicted octanol–water partition coefficient (Wildman–Crippen LogP) is 3.47. The summed E-state index contributed by atoms with van der Waals surface area (Å²) in [6.45, 7) is 4.77. The summed E-state index contributed by atoms with van der Waals surface area (Å²) in [5.41, 5.74) is 7.24. The number of carbonyl (C=O) groups is 1. The Morgan fingerprint density at radius 3 is 2.41 bits per heavy atom. The van der Waals surface area contributed by atoms with Crippen molar-refractivity contribution < 1.29 is 14.3 Å². The minimum Gasteiger partial charge on any atom is -0.494 e. The molecule has 0 heterocycles. The monoisotopic (exact) mass is 484 g/mol. The van der Waals surface area contributed by atoms with Gasteiger partial charge in [0.1, 0.15) is 18.0 Å². The molecule has 4 N–H and O–H groups in total. The molecule has 0 aliphatic rings. The SMILES string of the molecule is CCOc1ccc(OCC)c(NC(N)=NCC(=O)Nc2ccccc2)c1.I. The maximum atomic E-state index is 11.9. The second kappa shape index (κ2) is 12.0. The summed E-state index contributed by atoms with van der Waals surface area (Å²) in [5, 5.41) is 5.70. The molecule has 0 spiro atoms. The van der Waals surface area contributed by atoms with Crippen LogP contribution in [0, 0.1) is 0 Å². The lowest BCUT2D eigenvalue weighted by atomic mass is 10.2. The van der Waals surface area contributed by atoms with Crippen LogP contribution in [0.5, 0.6) is 11.5 Å². The van der Waals surface area contributed by atoms with Crippen LogP contribution in [0.1, 0.15) is 13.8 Å². The number of hydrogen-bond acceptors (Lipinski definition) is 4. The highest BCUT2D eigenvalue weighted by molar-refractivity contribution is 14.0. The molecule has 0 unspecified atom stereocenters. The van der Waals surface area contributed by atoms with Gasteiger partial charge in [0.15, 0.2) is 5.96 Å². The molecule has 2 aromatic carbocycles. The number of aliphatic imine (C=N–C) groups is 1. The van der Waals surface area contributed by atoms with E-state index in [4.69, 9.17) is 15.2 Å². The van der Waals surface area contributed by atoms with Crippen molar-refractivity contribution >= 4 is 47.2 Å². The third-order valence-electron chi connectivity index (χ3n) is 3.28. The van der Waals surface area contributed by atoms with Crippen LogP contribution in [0.15, 0.2) is 53.5 Å². The minimum atomic E-state index is -0.256. The Balaban J connectivity index is 0.00000364. The summed E-state index contributed by atoms with van der Waals surface area (Å²) < 4.78 is 11.1. The molecular weight excluding hydrogens is 459 g/mol. The van der Waals surface area contributed by atoms with Gasteiger partial charge in [0.25, 0.3) is 0 Å². The van der Waals surface area contributed by atoms with Crippen LogP contribution in [-0.2, 0) is 4.79 Å². The first-order valence-corrected chi connectivity index (χ1v) is 8.43. The largest absolute Gasteiger partial charge is 0.494 e. The van der Waals surface area contributed by atoms with Gasteiger partial charge in [-0.05, 0) is 38.1 Å². The first kappa shape index (κ1) is 22.6. The highest BCUT2D eigenvalue weighted by Crippen LogP contribution is 2.29. The fraction of sp³-hybridized carbons (Fsp3) is 0.263. The van der Waals surface area contributed by atoms with E-state index in [1.165, 1.54) is 0 Å². The molecule has 2 rings (SSSR count). The standard InChI is InChI=1S/C19H24N4O3.HI/c1-3-25-15-10-11-17(26-4-2)16(12-15)23-19(20)21-13-18(24)22-14-8-6-5-7-9-14;/h5-12H,3-4,13H2,1-2H3,(H,22,24)(H3,20,21,23);1H. The first-order chi connectivity index (χ1) is 12.6. The van der Waals surface area contributed by atoms with Crippen molar-refractivity contribution in [2.24, 2.45) is 10.7 Å². The van der Waals surface area contributed by atoms with Gasteiger partial charge in [0.2, 0.25) is 5.91 Å². The Morgan fingerprint density at radius 2 is 1.74 bits per heavy atom. The van der Waals surface area contributed by atoms with Crippen molar-refractivity contribution in [2.45, 2.75) is 13.8 Å². The molecular formula is C19H25IN4O3. The third-order valence-corrected chi connectivity index (χ3v) is 3.28. The Bertz CT molecular complexity index is 754. The number of benzene rings is 2. The molecule has 27 heavy (non-hydrogen) atoms. The maximum Gasteiger partial charge on any atom is 0.246 e. The predicted molar refractivity (Wildman–Crippen MR) is 119 cm³/mol. The lowest BCUT2D eigenvalue weighted by Gasteiger charge is -2.14. The van der Waals surface area contributed by atoms with Crippen molar-refractivity contribution in [3.63, 3.8) is 0 Å². The molecule has 1 amide bonds. The number of halogens is 1. The average molecular weight is 484 g/mol. The van der Waals surface area contributed by atoms with Crippen LogP contribution < -0.4 is 25.8 Å². The van der Waals surface area contributed by atoms with E-state index < -0.39 is 0 Å². The molecule has 0 radical (unpaired) electrons. The molecule has 146 valence electrons. The molecule has 0 fully saturated rings. The Labute approximate surface area is 176 Å². The van der Waals surface area contributed by atoms with E-state index >= 15 is 0 Å². The summed E-state index contributed by atoms with van der Waals surface area (Å²) in [6, 6.07) is 14.6. The van der Waals surface area contributed by atoms with Crippen LogP contribution in [0.4, 0.5) is 11.4 Å². The number of anilines is 2. The van der Waals surface area contributed by atoms with E-state index in [2.05, 4.69) is 15.6 Å². The van der Waals surface area contributed by atoms with E-state index in [9.17, 15) is 4.79 Å². The maximum absolute atomic E-state index is 11.9. The molecule has 0 bridgehead atoms. The van der Waals surface area contributed by atoms with Gasteiger partial charge in [-0.3, -0.25) is 4.79 Å². The normalized spacial score (nSPS) is 10.5. The third kappa shape index (κ3) is 7.73. The molecule has 0 saturated heterocycles. The van der Waals surface area contributed by atoms with Gasteiger partial charge in [0, 0.05) is 11.8 Å². The number of guanidine groups is 1. The first-order valence-electron chi connectivity index (χ1n) is 8.43. The molecule has 2 aromatic rings. The van der Waals surface area contributed by atoms with Gasteiger partial charge < -0.3 is 25.8 Å². The van der Waals surface area contributed by atoms with E-state index in [0.29, 0.717) is 36.1 Å². The number of nitrogens with one attached hydrogen (secondary N) is 2. The fourth-order valence-corrected chi connectivity index (χ4v) is 2.20. The lowest BCUT2D eigenvalue weighted by molar-refractivity contribution is -0.114. The molecule has 0 atom stereocenters. The van der Waals surface area contributed by atoms with E-state index in [1.54, 1.807) is 24.3 Å². The van der Waals surface area contributed by atoms with Gasteiger partial charge in [-0.25, -0.2) is 4.99 Å². The summed E-state index contributed by atoms with van der Waals surface area (Å²) >= 11 is 0. The lowest BCUT2D eigenvalue weighted by Crippen LogP contribution is -2.25.